The molecule has 1 fully saturated rings. The zero-order valence-corrected chi connectivity index (χ0v) is 14.3. The largest absolute Gasteiger partial charge is 0.298 e. The van der Waals surface area contributed by atoms with Gasteiger partial charge in [0, 0.05) is 26.2 Å². The van der Waals surface area contributed by atoms with Crippen LogP contribution in [0.25, 0.3) is 0 Å². The molecule has 2 aromatic rings. The van der Waals surface area contributed by atoms with Crippen molar-refractivity contribution in [3.8, 4) is 0 Å². The fourth-order valence-electron chi connectivity index (χ4n) is 2.94. The Labute approximate surface area is 142 Å². The molecule has 0 radical (unpaired) electrons. The van der Waals surface area contributed by atoms with Crippen molar-refractivity contribution in [1.29, 1.82) is 0 Å². The molecule has 24 heavy (non-hydrogen) atoms. The summed E-state index contributed by atoms with van der Waals surface area (Å²) in [6.45, 7) is 3.32. The summed E-state index contributed by atoms with van der Waals surface area (Å²) in [5, 5.41) is 0. The first kappa shape index (κ1) is 17.1. The summed E-state index contributed by atoms with van der Waals surface area (Å²) in [5.74, 6) is -0.432. The fourth-order valence-corrected chi connectivity index (χ4v) is 4.41. The molecule has 0 spiro atoms. The maximum atomic E-state index is 13.0. The molecule has 0 bridgehead atoms. The van der Waals surface area contributed by atoms with Crippen LogP contribution < -0.4 is 0 Å². The first-order valence-electron chi connectivity index (χ1n) is 8.08. The highest BCUT2D eigenvalue weighted by Gasteiger charge is 2.26. The number of nitrogens with zero attached hydrogens (tertiary/aromatic N) is 2. The lowest BCUT2D eigenvalue weighted by molar-refractivity contribution is 0.278. The van der Waals surface area contributed by atoms with E-state index in [1.807, 2.05) is 18.2 Å². The quantitative estimate of drug-likeness (QED) is 0.853. The van der Waals surface area contributed by atoms with E-state index in [4.69, 9.17) is 0 Å². The first-order valence-corrected chi connectivity index (χ1v) is 9.52. The van der Waals surface area contributed by atoms with Crippen LogP contribution in [0.3, 0.4) is 0 Å². The van der Waals surface area contributed by atoms with Gasteiger partial charge >= 0.3 is 0 Å². The Morgan fingerprint density at radius 3 is 2.29 bits per heavy atom. The van der Waals surface area contributed by atoms with Gasteiger partial charge < -0.3 is 0 Å². The predicted molar refractivity (Wildman–Crippen MR) is 91.5 cm³/mol. The third kappa shape index (κ3) is 4.01. The van der Waals surface area contributed by atoms with Crippen LogP contribution in [0.4, 0.5) is 4.39 Å². The molecule has 4 nitrogen and oxygen atoms in total. The van der Waals surface area contributed by atoms with E-state index in [1.165, 1.54) is 34.1 Å². The third-order valence-electron chi connectivity index (χ3n) is 4.25. The van der Waals surface area contributed by atoms with Gasteiger partial charge in [-0.1, -0.05) is 30.3 Å². The molecule has 0 amide bonds. The molecule has 0 unspecified atom stereocenters. The average molecular weight is 348 g/mol. The van der Waals surface area contributed by atoms with Crippen LogP contribution in [0.15, 0.2) is 59.5 Å². The van der Waals surface area contributed by atoms with Gasteiger partial charge in [0.2, 0.25) is 10.0 Å². The smallest absolute Gasteiger partial charge is 0.243 e. The highest BCUT2D eigenvalue weighted by atomic mass is 32.2. The summed E-state index contributed by atoms with van der Waals surface area (Å²) in [6, 6.07) is 15.2. The zero-order valence-electron chi connectivity index (χ0n) is 13.4. The maximum absolute atomic E-state index is 13.0. The molecule has 1 aliphatic heterocycles. The lowest BCUT2D eigenvalue weighted by Gasteiger charge is -2.21. The van der Waals surface area contributed by atoms with Crippen LogP contribution in [0.5, 0.6) is 0 Å². The van der Waals surface area contributed by atoms with Crippen molar-refractivity contribution in [2.75, 3.05) is 26.2 Å². The summed E-state index contributed by atoms with van der Waals surface area (Å²) < 4.78 is 39.9. The van der Waals surface area contributed by atoms with E-state index >= 15 is 0 Å². The Bertz CT molecular complexity index is 763. The van der Waals surface area contributed by atoms with Gasteiger partial charge in [-0.15, -0.1) is 0 Å². The third-order valence-corrected chi connectivity index (χ3v) is 6.16. The van der Waals surface area contributed by atoms with Gasteiger partial charge in [-0.25, -0.2) is 12.8 Å². The van der Waals surface area contributed by atoms with Crippen LogP contribution in [0.1, 0.15) is 12.0 Å². The zero-order chi connectivity index (χ0) is 17.0. The molecular weight excluding hydrogens is 327 g/mol. The molecule has 0 atom stereocenters. The topological polar surface area (TPSA) is 40.6 Å². The molecule has 1 heterocycles. The fraction of sp³-hybridized carbons (Fsp3) is 0.333. The van der Waals surface area contributed by atoms with Gasteiger partial charge in [0.05, 0.1) is 4.90 Å². The second kappa shape index (κ2) is 7.42. The molecule has 3 rings (SSSR count). The molecule has 128 valence electrons. The summed E-state index contributed by atoms with van der Waals surface area (Å²) in [6.07, 6.45) is 0.785. The lowest BCUT2D eigenvalue weighted by Crippen LogP contribution is -2.35. The van der Waals surface area contributed by atoms with Gasteiger partial charge in [0.15, 0.2) is 0 Å². The molecule has 2 aromatic carbocycles. The second-order valence-corrected chi connectivity index (χ2v) is 7.91. The molecular formula is C18H21FN2O2S. The Hall–Kier alpha value is -1.76. The molecule has 0 aromatic heterocycles. The van der Waals surface area contributed by atoms with Gasteiger partial charge in [0.25, 0.3) is 0 Å². The Morgan fingerprint density at radius 2 is 1.58 bits per heavy atom. The molecule has 0 aliphatic carbocycles. The van der Waals surface area contributed by atoms with Crippen molar-refractivity contribution < 1.29 is 12.8 Å². The standard InChI is InChI=1S/C18H21FN2O2S/c19-17-7-9-18(10-8-17)24(22,23)21-12-4-11-20(13-14-21)15-16-5-2-1-3-6-16/h1-3,5-10H,4,11-15H2. The van der Waals surface area contributed by atoms with Crippen molar-refractivity contribution in [3.63, 3.8) is 0 Å². The monoisotopic (exact) mass is 348 g/mol. The first-order chi connectivity index (χ1) is 11.6. The average Bonchev–Trinajstić information content (AvgIpc) is 2.82. The van der Waals surface area contributed by atoms with Gasteiger partial charge in [-0.3, -0.25) is 4.90 Å². The molecule has 0 N–H and O–H groups in total. The van der Waals surface area contributed by atoms with Gasteiger partial charge in [-0.2, -0.15) is 4.31 Å². The summed E-state index contributed by atoms with van der Waals surface area (Å²) in [5.41, 5.74) is 1.23. The van der Waals surface area contributed by atoms with E-state index in [0.717, 1.165) is 19.5 Å². The highest BCUT2D eigenvalue weighted by molar-refractivity contribution is 7.89. The second-order valence-electron chi connectivity index (χ2n) is 5.97. The van der Waals surface area contributed by atoms with Crippen LogP contribution in [-0.4, -0.2) is 43.8 Å². The van der Waals surface area contributed by atoms with Crippen LogP contribution in [0, 0.1) is 5.82 Å². The Morgan fingerprint density at radius 1 is 0.875 bits per heavy atom. The van der Waals surface area contributed by atoms with E-state index < -0.39 is 15.8 Å². The van der Waals surface area contributed by atoms with Crippen LogP contribution in [0.2, 0.25) is 0 Å². The van der Waals surface area contributed by atoms with Crippen molar-refractivity contribution in [2.24, 2.45) is 0 Å². The van der Waals surface area contributed by atoms with Crippen molar-refractivity contribution in [2.45, 2.75) is 17.9 Å². The molecule has 1 saturated heterocycles. The van der Waals surface area contributed by atoms with E-state index in [-0.39, 0.29) is 4.90 Å². The van der Waals surface area contributed by atoms with E-state index in [9.17, 15) is 12.8 Å². The normalized spacial score (nSPS) is 17.5. The minimum absolute atomic E-state index is 0.153. The van der Waals surface area contributed by atoms with Crippen molar-refractivity contribution >= 4 is 10.0 Å². The number of sulfonamides is 1. The maximum Gasteiger partial charge on any atom is 0.243 e. The van der Waals surface area contributed by atoms with E-state index in [1.54, 1.807) is 0 Å². The van der Waals surface area contributed by atoms with Crippen LogP contribution >= 0.6 is 0 Å². The lowest BCUT2D eigenvalue weighted by atomic mass is 10.2. The minimum Gasteiger partial charge on any atom is -0.298 e. The van der Waals surface area contributed by atoms with Gasteiger partial charge in [-0.05, 0) is 42.8 Å². The SMILES string of the molecule is O=S(=O)(c1ccc(F)cc1)N1CCCN(Cc2ccccc2)CC1. The minimum atomic E-state index is -3.56. The van der Waals surface area contributed by atoms with E-state index in [2.05, 4.69) is 17.0 Å². The predicted octanol–water partition coefficient (Wildman–Crippen LogP) is 2.72. The number of halogens is 1. The van der Waals surface area contributed by atoms with E-state index in [0.29, 0.717) is 19.6 Å². The number of rotatable bonds is 4. The summed E-state index contributed by atoms with van der Waals surface area (Å²) in [7, 11) is -3.56. The van der Waals surface area contributed by atoms with Crippen molar-refractivity contribution in [1.82, 2.24) is 9.21 Å². The number of hydrogen-bond donors (Lipinski definition) is 0. The number of hydrogen-bond acceptors (Lipinski definition) is 3. The molecule has 1 aliphatic rings. The highest BCUT2D eigenvalue weighted by Crippen LogP contribution is 2.18. The molecule has 0 saturated carbocycles. The Kier molecular flexibility index (Phi) is 5.28. The molecule has 6 heteroatoms. The van der Waals surface area contributed by atoms with Crippen LogP contribution in [-0.2, 0) is 16.6 Å². The van der Waals surface area contributed by atoms with Gasteiger partial charge in [0.1, 0.15) is 5.82 Å². The Balaban J connectivity index is 1.67. The van der Waals surface area contributed by atoms with Crippen molar-refractivity contribution in [3.05, 3.63) is 66.0 Å². The summed E-state index contributed by atoms with van der Waals surface area (Å²) >= 11 is 0. The summed E-state index contributed by atoms with van der Waals surface area (Å²) in [4.78, 5) is 2.43. The number of benzene rings is 2.